The average Bonchev–Trinajstić information content (AvgIpc) is 3.70. The number of hydrogen-bond acceptors (Lipinski definition) is 3. The molecule has 0 saturated heterocycles. The maximum Gasteiger partial charge on any atom is 0.137 e. The van der Waals surface area contributed by atoms with E-state index in [4.69, 9.17) is 4.42 Å². The highest BCUT2D eigenvalue weighted by molar-refractivity contribution is 7.25. The minimum Gasteiger partial charge on any atom is -0.456 e. The lowest BCUT2D eigenvalue weighted by molar-refractivity contribution is 0.444. The summed E-state index contributed by atoms with van der Waals surface area (Å²) in [5, 5.41) is 10.1. The summed E-state index contributed by atoms with van der Waals surface area (Å²) < 4.78 is 8.98. The third-order valence-corrected chi connectivity index (χ3v) is 11.6. The highest BCUT2D eigenvalue weighted by Crippen LogP contribution is 2.46. The fourth-order valence-corrected chi connectivity index (χ4v) is 9.27. The van der Waals surface area contributed by atoms with Crippen LogP contribution in [0.25, 0.3) is 63.7 Å². The van der Waals surface area contributed by atoms with Crippen LogP contribution in [-0.2, 0) is 0 Å². The van der Waals surface area contributed by atoms with Crippen molar-refractivity contribution in [2.45, 2.75) is 38.0 Å². The topological polar surface area (TPSA) is 16.4 Å². The van der Waals surface area contributed by atoms with Crippen molar-refractivity contribution < 1.29 is 4.42 Å². The van der Waals surface area contributed by atoms with Gasteiger partial charge in [-0.25, -0.2) is 0 Å². The van der Waals surface area contributed by atoms with Gasteiger partial charge in [-0.2, -0.15) is 0 Å². The largest absolute Gasteiger partial charge is 0.456 e. The molecule has 0 radical (unpaired) electrons. The zero-order valence-corrected chi connectivity index (χ0v) is 26.9. The minimum atomic E-state index is 0.708. The van der Waals surface area contributed by atoms with Crippen LogP contribution in [0.2, 0.25) is 0 Å². The van der Waals surface area contributed by atoms with Crippen LogP contribution in [0.15, 0.2) is 138 Å². The van der Waals surface area contributed by atoms with Crippen LogP contribution in [0.3, 0.4) is 0 Å². The standard InChI is InChI=1S/C44H33NOS/c1-2-9-28(10-3-1)29-19-22-34-30(25-29)17-18-31-26-32(20-23-35(31)34)45(33-21-24-37-36-11-5-7-16-42(36)47-43(37)27-33)39-13-8-15-41-44(39)38-12-4-6-14-40(38)46-41/h4-8,11-28H,1-3,9-10H2. The van der Waals surface area contributed by atoms with Crippen LogP contribution in [0.1, 0.15) is 43.6 Å². The van der Waals surface area contributed by atoms with Gasteiger partial charge in [0.25, 0.3) is 0 Å². The van der Waals surface area contributed by atoms with E-state index >= 15 is 0 Å². The summed E-state index contributed by atoms with van der Waals surface area (Å²) in [4.78, 5) is 2.42. The van der Waals surface area contributed by atoms with Crippen molar-refractivity contribution in [3.63, 3.8) is 0 Å². The predicted octanol–water partition coefficient (Wildman–Crippen LogP) is 13.8. The molecule has 0 N–H and O–H groups in total. The maximum absolute atomic E-state index is 6.37. The Hall–Kier alpha value is -5.12. The molecule has 7 aromatic carbocycles. The molecule has 1 aliphatic carbocycles. The van der Waals surface area contributed by atoms with E-state index in [9.17, 15) is 0 Å². The van der Waals surface area contributed by atoms with Crippen molar-refractivity contribution in [2.24, 2.45) is 0 Å². The summed E-state index contributed by atoms with van der Waals surface area (Å²) in [5.41, 5.74) is 6.71. The van der Waals surface area contributed by atoms with Gasteiger partial charge in [0.2, 0.25) is 0 Å². The number of anilines is 3. The lowest BCUT2D eigenvalue weighted by atomic mass is 9.83. The summed E-state index contributed by atoms with van der Waals surface area (Å²) in [7, 11) is 0. The van der Waals surface area contributed by atoms with Crippen molar-refractivity contribution in [3.05, 3.63) is 139 Å². The molecule has 226 valence electrons. The third-order valence-electron chi connectivity index (χ3n) is 10.4. The molecule has 2 aromatic heterocycles. The van der Waals surface area contributed by atoms with Crippen LogP contribution in [0.4, 0.5) is 17.1 Å². The summed E-state index contributed by atoms with van der Waals surface area (Å²) in [6.45, 7) is 0. The molecule has 0 unspecified atom stereocenters. The van der Waals surface area contributed by atoms with Crippen molar-refractivity contribution in [1.82, 2.24) is 0 Å². The molecular weight excluding hydrogens is 591 g/mol. The number of benzene rings is 7. The van der Waals surface area contributed by atoms with Gasteiger partial charge >= 0.3 is 0 Å². The van der Waals surface area contributed by atoms with Gasteiger partial charge < -0.3 is 9.32 Å². The average molecular weight is 624 g/mol. The fourth-order valence-electron chi connectivity index (χ4n) is 8.13. The molecule has 0 bridgehead atoms. The van der Waals surface area contributed by atoms with E-state index in [0.29, 0.717) is 5.92 Å². The van der Waals surface area contributed by atoms with Crippen LogP contribution in [-0.4, -0.2) is 0 Å². The van der Waals surface area contributed by atoms with E-state index < -0.39 is 0 Å². The van der Waals surface area contributed by atoms with E-state index in [1.54, 1.807) is 0 Å². The van der Waals surface area contributed by atoms with Gasteiger partial charge in [-0.1, -0.05) is 104 Å². The Morgan fingerprint density at radius 3 is 2.06 bits per heavy atom. The van der Waals surface area contributed by atoms with E-state index in [1.807, 2.05) is 17.4 Å². The number of para-hydroxylation sites is 1. The second kappa shape index (κ2) is 10.7. The Kier molecular flexibility index (Phi) is 6.17. The summed E-state index contributed by atoms with van der Waals surface area (Å²) in [6.07, 6.45) is 6.75. The number of nitrogens with zero attached hydrogens (tertiary/aromatic N) is 1. The molecule has 3 heteroatoms. The van der Waals surface area contributed by atoms with Crippen molar-refractivity contribution >= 4 is 92.1 Å². The highest BCUT2D eigenvalue weighted by atomic mass is 32.1. The van der Waals surface area contributed by atoms with Crippen molar-refractivity contribution in [1.29, 1.82) is 0 Å². The first-order valence-corrected chi connectivity index (χ1v) is 17.7. The minimum absolute atomic E-state index is 0.708. The molecule has 2 nitrogen and oxygen atoms in total. The number of furan rings is 1. The maximum atomic E-state index is 6.37. The van der Waals surface area contributed by atoms with Crippen LogP contribution >= 0.6 is 11.3 Å². The Morgan fingerprint density at radius 2 is 1.19 bits per heavy atom. The van der Waals surface area contributed by atoms with Gasteiger partial charge in [0, 0.05) is 36.9 Å². The van der Waals surface area contributed by atoms with Crippen LogP contribution in [0.5, 0.6) is 0 Å². The van der Waals surface area contributed by atoms with Crippen LogP contribution < -0.4 is 4.90 Å². The molecule has 10 rings (SSSR count). The van der Waals surface area contributed by atoms with E-state index in [2.05, 4.69) is 132 Å². The first kappa shape index (κ1) is 27.0. The third kappa shape index (κ3) is 4.37. The SMILES string of the molecule is c1ccc2c(c1)oc1cccc(N(c3ccc4c(ccc5cc(C6CCCCC6)ccc54)c3)c3ccc4c(c3)sc3ccccc34)c12. The Morgan fingerprint density at radius 1 is 0.511 bits per heavy atom. The molecule has 1 saturated carbocycles. The zero-order chi connectivity index (χ0) is 30.9. The van der Waals surface area contributed by atoms with E-state index in [-0.39, 0.29) is 0 Å². The smallest absolute Gasteiger partial charge is 0.137 e. The molecule has 0 amide bonds. The second-order valence-corrected chi connectivity index (χ2v) is 14.2. The van der Waals surface area contributed by atoms with Crippen LogP contribution in [0, 0.1) is 0 Å². The number of fused-ring (bicyclic) bond motifs is 9. The van der Waals surface area contributed by atoms with E-state index in [1.165, 1.54) is 79.4 Å². The van der Waals surface area contributed by atoms with E-state index in [0.717, 1.165) is 39.0 Å². The normalized spacial score (nSPS) is 14.3. The number of hydrogen-bond donors (Lipinski definition) is 0. The molecule has 1 aliphatic rings. The Labute approximate surface area is 277 Å². The summed E-state index contributed by atoms with van der Waals surface area (Å²) in [5.74, 6) is 0.708. The van der Waals surface area contributed by atoms with Gasteiger partial charge in [0.1, 0.15) is 11.2 Å². The van der Waals surface area contributed by atoms with Gasteiger partial charge in [-0.3, -0.25) is 0 Å². The van der Waals surface area contributed by atoms with Gasteiger partial charge in [-0.05, 0) is 94.4 Å². The molecule has 2 heterocycles. The quantitative estimate of drug-likeness (QED) is 0.181. The first-order valence-electron chi connectivity index (χ1n) is 16.9. The fraction of sp³-hybridized carbons (Fsp3) is 0.136. The molecule has 0 aliphatic heterocycles. The van der Waals surface area contributed by atoms with Gasteiger partial charge in [-0.15, -0.1) is 11.3 Å². The Balaban J connectivity index is 1.17. The monoisotopic (exact) mass is 623 g/mol. The first-order chi connectivity index (χ1) is 23.3. The van der Waals surface area contributed by atoms with Crippen molar-refractivity contribution in [3.8, 4) is 0 Å². The Bertz CT molecular complexity index is 2640. The summed E-state index contributed by atoms with van der Waals surface area (Å²) >= 11 is 1.86. The lowest BCUT2D eigenvalue weighted by Gasteiger charge is -2.27. The highest BCUT2D eigenvalue weighted by Gasteiger charge is 2.21. The number of rotatable bonds is 4. The van der Waals surface area contributed by atoms with Gasteiger partial charge in [0.15, 0.2) is 0 Å². The zero-order valence-electron chi connectivity index (χ0n) is 26.1. The molecule has 1 fully saturated rings. The molecule has 9 aromatic rings. The second-order valence-electron chi connectivity index (χ2n) is 13.1. The van der Waals surface area contributed by atoms with Gasteiger partial charge in [0.05, 0.1) is 11.1 Å². The predicted molar refractivity (Wildman–Crippen MR) is 202 cm³/mol. The molecule has 0 spiro atoms. The number of thiophene rings is 1. The lowest BCUT2D eigenvalue weighted by Crippen LogP contribution is -2.10. The molecule has 0 atom stereocenters. The van der Waals surface area contributed by atoms with Crippen molar-refractivity contribution in [2.75, 3.05) is 4.90 Å². The molecular formula is C44H33NOS. The summed E-state index contributed by atoms with van der Waals surface area (Å²) in [6, 6.07) is 49.3. The molecule has 47 heavy (non-hydrogen) atoms.